The smallest absolute Gasteiger partial charge is 0.255 e. The fourth-order valence-electron chi connectivity index (χ4n) is 6.45. The molecular formula is C29H39N3O8. The highest BCUT2D eigenvalue weighted by atomic mass is 16.5. The van der Waals surface area contributed by atoms with Crippen LogP contribution in [-0.2, 0) is 38.7 Å². The molecule has 0 spiro atoms. The molecule has 0 aromatic heterocycles. The number of methoxy groups -OCH3 is 1. The van der Waals surface area contributed by atoms with E-state index in [2.05, 4.69) is 26.1 Å². The number of ether oxygens (including phenoxy) is 1. The van der Waals surface area contributed by atoms with E-state index in [1.54, 1.807) is 14.1 Å². The summed E-state index contributed by atoms with van der Waals surface area (Å²) in [4.78, 5) is 40.9. The number of hydrogen-bond donors (Lipinski definition) is 6. The van der Waals surface area contributed by atoms with E-state index < -0.39 is 58.0 Å². The lowest BCUT2D eigenvalue weighted by Crippen LogP contribution is -2.65. The van der Waals surface area contributed by atoms with Gasteiger partial charge in [-0.2, -0.15) is 0 Å². The van der Waals surface area contributed by atoms with Crippen molar-refractivity contribution in [2.75, 3.05) is 27.7 Å². The maximum atomic E-state index is 14.0. The Morgan fingerprint density at radius 2 is 1.85 bits per heavy atom. The number of carbonyl (C=O) groups is 3. The zero-order valence-electron chi connectivity index (χ0n) is 23.8. The third-order valence-corrected chi connectivity index (χ3v) is 8.16. The monoisotopic (exact) mass is 557 g/mol. The Bertz CT molecular complexity index is 1340. The molecule has 3 aliphatic carbocycles. The molecule has 1 saturated carbocycles. The van der Waals surface area contributed by atoms with Crippen molar-refractivity contribution in [1.29, 1.82) is 0 Å². The number of phenolic OH excluding ortho intramolecular Hbond substituents is 1. The van der Waals surface area contributed by atoms with Crippen LogP contribution in [0.5, 0.6) is 5.75 Å². The van der Waals surface area contributed by atoms with Gasteiger partial charge in [-0.1, -0.05) is 20.8 Å². The molecule has 4 atom stereocenters. The lowest BCUT2D eigenvalue weighted by Gasteiger charge is -2.50. The van der Waals surface area contributed by atoms with Crippen molar-refractivity contribution >= 4 is 23.2 Å². The summed E-state index contributed by atoms with van der Waals surface area (Å²) in [6.45, 7) is 7.47. The third kappa shape index (κ3) is 4.60. The molecule has 40 heavy (non-hydrogen) atoms. The van der Waals surface area contributed by atoms with Gasteiger partial charge in [0.1, 0.15) is 22.8 Å². The molecule has 3 aliphatic rings. The molecule has 11 nitrogen and oxygen atoms in total. The zero-order valence-corrected chi connectivity index (χ0v) is 23.8. The molecule has 0 heterocycles. The van der Waals surface area contributed by atoms with Gasteiger partial charge >= 0.3 is 0 Å². The van der Waals surface area contributed by atoms with E-state index in [-0.39, 0.29) is 41.7 Å². The van der Waals surface area contributed by atoms with E-state index in [1.165, 1.54) is 12.0 Å². The van der Waals surface area contributed by atoms with Crippen molar-refractivity contribution in [3.63, 3.8) is 0 Å². The highest BCUT2D eigenvalue weighted by Crippen LogP contribution is 2.53. The highest BCUT2D eigenvalue weighted by molar-refractivity contribution is 6.24. The number of likely N-dealkylation sites (N-methyl/N-ethyl adjacent to an activating group) is 1. The number of nitrogens with one attached hydrogen (secondary N) is 1. The first-order chi connectivity index (χ1) is 18.6. The van der Waals surface area contributed by atoms with Gasteiger partial charge in [-0.05, 0) is 55.5 Å². The van der Waals surface area contributed by atoms with Gasteiger partial charge in [0.05, 0.1) is 18.2 Å². The van der Waals surface area contributed by atoms with Crippen molar-refractivity contribution in [3.8, 4) is 5.75 Å². The van der Waals surface area contributed by atoms with Crippen molar-refractivity contribution in [3.05, 3.63) is 45.2 Å². The molecule has 0 saturated heterocycles. The van der Waals surface area contributed by atoms with Gasteiger partial charge in [0, 0.05) is 37.3 Å². The van der Waals surface area contributed by atoms with E-state index in [4.69, 9.17) is 10.5 Å². The average Bonchev–Trinajstić information content (AvgIpc) is 2.83. The van der Waals surface area contributed by atoms with Crippen LogP contribution in [0.1, 0.15) is 49.4 Å². The number of hydrogen-bond acceptors (Lipinski definition) is 10. The first-order valence-electron chi connectivity index (χ1n) is 13.3. The second-order valence-corrected chi connectivity index (χ2v) is 12.5. The Balaban J connectivity index is 1.91. The van der Waals surface area contributed by atoms with Crippen molar-refractivity contribution < 1.29 is 39.5 Å². The standard InChI is InChI=1S/C29H39N3O8/c1-28(2,3)12-31-10-14-7-15(11-40-6)22(33)19-16(14)8-13-9-17-21(32(4)5)24(35)20(27(30)38)26(37)29(17,39)25(36)18(13)23(19)34/h7,13,17,21,31,33-34,37,39H,8-12H2,1-6H3,(H2,30,38)/t13-,17-,21?,29-/m0/s1. The number of nitrogens with two attached hydrogens (primary N) is 1. The number of phenols is 1. The van der Waals surface area contributed by atoms with E-state index in [9.17, 15) is 34.8 Å². The van der Waals surface area contributed by atoms with E-state index in [1.807, 2.05) is 6.07 Å². The molecule has 0 aliphatic heterocycles. The molecule has 0 bridgehead atoms. The topological polar surface area (TPSA) is 183 Å². The van der Waals surface area contributed by atoms with Gasteiger partial charge in [0.2, 0.25) is 5.78 Å². The third-order valence-electron chi connectivity index (χ3n) is 8.16. The number of Topliss-reactive ketones (excluding diaryl/α,β-unsaturated/α-hetero) is 2. The number of aromatic hydroxyl groups is 1. The summed E-state index contributed by atoms with van der Waals surface area (Å²) in [5.74, 6) is -6.68. The lowest BCUT2D eigenvalue weighted by atomic mass is 9.57. The van der Waals surface area contributed by atoms with Crippen LogP contribution in [0, 0.1) is 17.3 Å². The van der Waals surface area contributed by atoms with Gasteiger partial charge < -0.3 is 36.2 Å². The minimum Gasteiger partial charge on any atom is -0.508 e. The summed E-state index contributed by atoms with van der Waals surface area (Å²) in [5.41, 5.74) is 3.64. The average molecular weight is 558 g/mol. The molecule has 1 aromatic rings. The summed E-state index contributed by atoms with van der Waals surface area (Å²) >= 11 is 0. The highest BCUT2D eigenvalue weighted by Gasteiger charge is 2.64. The van der Waals surface area contributed by atoms with Gasteiger partial charge in [0.15, 0.2) is 11.4 Å². The normalized spacial score (nSPS) is 26.6. The fourth-order valence-corrected chi connectivity index (χ4v) is 6.45. The number of aliphatic hydroxyl groups excluding tert-OH is 2. The Morgan fingerprint density at radius 1 is 1.20 bits per heavy atom. The van der Waals surface area contributed by atoms with Crippen molar-refractivity contribution in [1.82, 2.24) is 10.2 Å². The number of amides is 1. The first kappa shape index (κ1) is 29.7. The van der Waals surface area contributed by atoms with E-state index in [0.29, 0.717) is 24.2 Å². The quantitative estimate of drug-likeness (QED) is 0.267. The number of rotatable bonds is 7. The second kappa shape index (κ2) is 10.3. The summed E-state index contributed by atoms with van der Waals surface area (Å²) in [5, 5.41) is 48.8. The molecule has 7 N–H and O–H groups in total. The van der Waals surface area contributed by atoms with Crippen LogP contribution in [0.2, 0.25) is 0 Å². The van der Waals surface area contributed by atoms with Gasteiger partial charge in [0.25, 0.3) is 5.91 Å². The predicted octanol–water partition coefficient (Wildman–Crippen LogP) is 1.25. The maximum Gasteiger partial charge on any atom is 0.255 e. The first-order valence-corrected chi connectivity index (χ1v) is 13.3. The van der Waals surface area contributed by atoms with Gasteiger partial charge in [-0.25, -0.2) is 0 Å². The predicted molar refractivity (Wildman–Crippen MR) is 146 cm³/mol. The molecular weight excluding hydrogens is 518 g/mol. The number of primary amides is 1. The van der Waals surface area contributed by atoms with Crippen LogP contribution >= 0.6 is 0 Å². The number of benzene rings is 1. The summed E-state index contributed by atoms with van der Waals surface area (Å²) in [6.07, 6.45) is 0.281. The molecule has 11 heteroatoms. The van der Waals surface area contributed by atoms with Crippen LogP contribution in [0.3, 0.4) is 0 Å². The number of aliphatic hydroxyl groups is 3. The lowest BCUT2D eigenvalue weighted by molar-refractivity contribution is -0.153. The van der Waals surface area contributed by atoms with Crippen LogP contribution in [0.15, 0.2) is 23.0 Å². The Labute approximate surface area is 233 Å². The van der Waals surface area contributed by atoms with Crippen LogP contribution in [0.25, 0.3) is 5.76 Å². The molecule has 0 radical (unpaired) electrons. The molecule has 1 aromatic carbocycles. The Kier molecular flexibility index (Phi) is 7.65. The molecule has 1 unspecified atom stereocenters. The van der Waals surface area contributed by atoms with Gasteiger partial charge in [-0.15, -0.1) is 0 Å². The maximum absolute atomic E-state index is 14.0. The fraction of sp³-hybridized carbons (Fsp3) is 0.552. The molecule has 1 fully saturated rings. The van der Waals surface area contributed by atoms with Crippen molar-refractivity contribution in [2.45, 2.75) is 58.4 Å². The largest absolute Gasteiger partial charge is 0.508 e. The SMILES string of the molecule is COCc1cc(CNCC(C)(C)C)c2c(c1O)C(O)=C1C(=O)[C@]3(O)C(O)=C(C(N)=O)C(=O)C(N(C)C)[C@@H]3C[C@@H]1C2. The molecule has 218 valence electrons. The summed E-state index contributed by atoms with van der Waals surface area (Å²) in [7, 11) is 4.62. The molecule has 1 amide bonds. The second-order valence-electron chi connectivity index (χ2n) is 12.5. The minimum absolute atomic E-state index is 0.00972. The minimum atomic E-state index is -2.67. The van der Waals surface area contributed by atoms with Crippen molar-refractivity contribution in [2.24, 2.45) is 23.0 Å². The number of carbonyl (C=O) groups excluding carboxylic acids is 3. The van der Waals surface area contributed by atoms with E-state index in [0.717, 1.165) is 5.56 Å². The van der Waals surface area contributed by atoms with E-state index >= 15 is 0 Å². The number of fused-ring (bicyclic) bond motifs is 3. The number of ketones is 2. The zero-order chi connectivity index (χ0) is 29.9. The van der Waals surface area contributed by atoms with Crippen LogP contribution in [0.4, 0.5) is 0 Å². The Morgan fingerprint density at radius 3 is 2.40 bits per heavy atom. The number of nitrogens with zero attached hydrogens (tertiary/aromatic N) is 1. The Hall–Kier alpha value is -3.25. The van der Waals surface area contributed by atoms with Gasteiger partial charge in [-0.3, -0.25) is 19.3 Å². The summed E-state index contributed by atoms with van der Waals surface area (Å²) in [6, 6.07) is 0.690. The van der Waals surface area contributed by atoms with Crippen LogP contribution < -0.4 is 11.1 Å². The summed E-state index contributed by atoms with van der Waals surface area (Å²) < 4.78 is 5.25. The molecule has 4 rings (SSSR count). The van der Waals surface area contributed by atoms with Crippen LogP contribution in [-0.4, -0.2) is 82.2 Å².